The molecule has 2 aromatic carbocycles. The highest BCUT2D eigenvalue weighted by atomic mass is 79.9. The minimum absolute atomic E-state index is 0.146. The minimum atomic E-state index is -1.88. The molecule has 4 heteroatoms. The van der Waals surface area contributed by atoms with Gasteiger partial charge in [-0.15, -0.1) is 0 Å². The van der Waals surface area contributed by atoms with Crippen molar-refractivity contribution < 1.29 is 9.53 Å². The molecule has 0 fully saturated rings. The minimum Gasteiger partial charge on any atom is -0.543 e. The second-order valence-corrected chi connectivity index (χ2v) is 13.0. The zero-order chi connectivity index (χ0) is 17.3. The summed E-state index contributed by atoms with van der Waals surface area (Å²) >= 11 is 3.42. The first-order valence-corrected chi connectivity index (χ1v) is 11.5. The molecule has 2 aromatic rings. The van der Waals surface area contributed by atoms with E-state index in [1.54, 1.807) is 0 Å². The van der Waals surface area contributed by atoms with Gasteiger partial charge in [-0.3, -0.25) is 0 Å². The van der Waals surface area contributed by atoms with Crippen LogP contribution in [-0.4, -0.2) is 13.4 Å². The summed E-state index contributed by atoms with van der Waals surface area (Å²) in [5, 5.41) is 10.8. The molecule has 0 aliphatic carbocycles. The predicted octanol–water partition coefficient (Wildman–Crippen LogP) is 5.91. The molecule has 0 saturated carbocycles. The Morgan fingerprint density at radius 1 is 1.00 bits per heavy atom. The number of hydrogen-bond donors (Lipinski definition) is 1. The summed E-state index contributed by atoms with van der Waals surface area (Å²) in [6, 6.07) is 15.5. The molecule has 0 aliphatic rings. The first kappa shape index (κ1) is 18.2. The summed E-state index contributed by atoms with van der Waals surface area (Å²) in [5.41, 5.74) is 1.72. The van der Waals surface area contributed by atoms with Crippen molar-refractivity contribution in [3.63, 3.8) is 0 Å². The molecule has 2 nitrogen and oxygen atoms in total. The van der Waals surface area contributed by atoms with Crippen LogP contribution in [0.5, 0.6) is 5.75 Å². The van der Waals surface area contributed by atoms with Crippen LogP contribution in [0.2, 0.25) is 18.1 Å². The van der Waals surface area contributed by atoms with Crippen LogP contribution >= 0.6 is 15.9 Å². The molecule has 1 atom stereocenters. The largest absolute Gasteiger partial charge is 0.543 e. The monoisotopic (exact) mass is 392 g/mol. The quantitative estimate of drug-likeness (QED) is 0.654. The third-order valence-corrected chi connectivity index (χ3v) is 9.43. The Morgan fingerprint density at radius 3 is 2.17 bits per heavy atom. The van der Waals surface area contributed by atoms with Gasteiger partial charge in [-0.1, -0.05) is 61.0 Å². The van der Waals surface area contributed by atoms with Crippen LogP contribution in [0.3, 0.4) is 0 Å². The summed E-state index contributed by atoms with van der Waals surface area (Å²) in [5.74, 6) is 0.838. The van der Waals surface area contributed by atoms with Gasteiger partial charge in [0.15, 0.2) is 0 Å². The molecular weight excluding hydrogens is 368 g/mol. The molecule has 0 radical (unpaired) electrons. The highest BCUT2D eigenvalue weighted by Gasteiger charge is 2.39. The molecule has 0 amide bonds. The van der Waals surface area contributed by atoms with Gasteiger partial charge < -0.3 is 9.53 Å². The topological polar surface area (TPSA) is 29.5 Å². The maximum atomic E-state index is 10.6. The number of aliphatic hydroxyl groups is 1. The molecule has 124 valence electrons. The maximum Gasteiger partial charge on any atom is 0.250 e. The van der Waals surface area contributed by atoms with Gasteiger partial charge in [0.05, 0.1) is 0 Å². The zero-order valence-corrected chi connectivity index (χ0v) is 17.0. The number of halogens is 1. The van der Waals surface area contributed by atoms with Crippen LogP contribution in [-0.2, 0) is 0 Å². The van der Waals surface area contributed by atoms with Crippen LogP contribution in [0, 0.1) is 0 Å². The van der Waals surface area contributed by atoms with E-state index in [1.165, 1.54) is 0 Å². The van der Waals surface area contributed by atoms with E-state index in [1.807, 2.05) is 48.5 Å². The normalized spacial score (nSPS) is 13.7. The lowest BCUT2D eigenvalue weighted by molar-refractivity contribution is 0.220. The Balaban J connectivity index is 2.24. The first-order chi connectivity index (χ1) is 10.6. The van der Waals surface area contributed by atoms with Gasteiger partial charge in [0, 0.05) is 4.47 Å². The fourth-order valence-electron chi connectivity index (χ4n) is 2.03. The number of benzene rings is 2. The fourth-order valence-corrected chi connectivity index (χ4v) is 3.32. The molecule has 1 unspecified atom stereocenters. The Labute approximate surface area is 148 Å². The van der Waals surface area contributed by atoms with Crippen LogP contribution in [0.15, 0.2) is 53.0 Å². The van der Waals surface area contributed by atoms with Gasteiger partial charge in [0.1, 0.15) is 11.9 Å². The van der Waals surface area contributed by atoms with E-state index in [2.05, 4.69) is 49.8 Å². The van der Waals surface area contributed by atoms with Crippen LogP contribution in [0.25, 0.3) is 0 Å². The molecule has 23 heavy (non-hydrogen) atoms. The van der Waals surface area contributed by atoms with Crippen molar-refractivity contribution in [2.24, 2.45) is 0 Å². The second-order valence-electron chi connectivity index (χ2n) is 7.39. The van der Waals surface area contributed by atoms with Crippen molar-refractivity contribution in [1.82, 2.24) is 0 Å². The highest BCUT2D eigenvalue weighted by Crippen LogP contribution is 2.38. The Hall–Kier alpha value is -1.10. The van der Waals surface area contributed by atoms with E-state index in [-0.39, 0.29) is 5.04 Å². The highest BCUT2D eigenvalue weighted by molar-refractivity contribution is 9.10. The predicted molar refractivity (Wildman–Crippen MR) is 102 cm³/mol. The molecule has 0 spiro atoms. The van der Waals surface area contributed by atoms with Gasteiger partial charge in [0.25, 0.3) is 0 Å². The Bertz CT molecular complexity index is 660. The van der Waals surface area contributed by atoms with E-state index in [9.17, 15) is 5.11 Å². The van der Waals surface area contributed by atoms with Crippen LogP contribution in [0.4, 0.5) is 0 Å². The average Bonchev–Trinajstić information content (AvgIpc) is 2.46. The van der Waals surface area contributed by atoms with E-state index in [4.69, 9.17) is 4.43 Å². The van der Waals surface area contributed by atoms with Crippen molar-refractivity contribution in [1.29, 1.82) is 0 Å². The molecule has 1 N–H and O–H groups in total. The average molecular weight is 393 g/mol. The van der Waals surface area contributed by atoms with E-state index >= 15 is 0 Å². The lowest BCUT2D eigenvalue weighted by Gasteiger charge is -2.36. The summed E-state index contributed by atoms with van der Waals surface area (Å²) in [6.07, 6.45) is -0.647. The van der Waals surface area contributed by atoms with Crippen LogP contribution in [0.1, 0.15) is 38.0 Å². The third kappa shape index (κ3) is 4.46. The van der Waals surface area contributed by atoms with E-state index in [0.29, 0.717) is 0 Å². The molecule has 0 aromatic heterocycles. The maximum absolute atomic E-state index is 10.6. The molecule has 0 saturated heterocycles. The zero-order valence-electron chi connectivity index (χ0n) is 14.4. The molecule has 0 bridgehead atoms. The van der Waals surface area contributed by atoms with Crippen molar-refractivity contribution >= 4 is 24.2 Å². The summed E-state index contributed by atoms with van der Waals surface area (Å²) < 4.78 is 7.34. The lowest BCUT2D eigenvalue weighted by Crippen LogP contribution is -2.43. The summed E-state index contributed by atoms with van der Waals surface area (Å²) in [6.45, 7) is 11.1. The van der Waals surface area contributed by atoms with Crippen LogP contribution < -0.4 is 4.43 Å². The first-order valence-electron chi connectivity index (χ1n) is 7.83. The number of aliphatic hydroxyl groups excluding tert-OH is 1. The van der Waals surface area contributed by atoms with Crippen molar-refractivity contribution in [2.75, 3.05) is 0 Å². The molecular formula is C19H25BrO2Si. The van der Waals surface area contributed by atoms with Crippen molar-refractivity contribution in [3.05, 3.63) is 64.1 Å². The SMILES string of the molecule is CC(C)(C)[Si](C)(C)Oc1cccc(C(O)c2ccc(Br)cc2)c1. The second kappa shape index (κ2) is 6.79. The number of rotatable bonds is 4. The summed E-state index contributed by atoms with van der Waals surface area (Å²) in [4.78, 5) is 0. The Kier molecular flexibility index (Phi) is 5.39. The van der Waals surface area contributed by atoms with Gasteiger partial charge in [-0.25, -0.2) is 0 Å². The smallest absolute Gasteiger partial charge is 0.250 e. The molecule has 2 rings (SSSR count). The molecule has 0 heterocycles. The molecule has 0 aliphatic heterocycles. The summed E-state index contributed by atoms with van der Waals surface area (Å²) in [7, 11) is -1.88. The standard InChI is InChI=1S/C19H25BrO2Si/c1-19(2,3)23(4,5)22-17-8-6-7-15(13-17)18(21)14-9-11-16(20)12-10-14/h6-13,18,21H,1-5H3. The number of hydrogen-bond acceptors (Lipinski definition) is 2. The van der Waals surface area contributed by atoms with Gasteiger partial charge >= 0.3 is 0 Å². The van der Waals surface area contributed by atoms with Crippen molar-refractivity contribution in [2.45, 2.75) is 45.0 Å². The van der Waals surface area contributed by atoms with Gasteiger partial charge in [-0.05, 0) is 53.5 Å². The fraction of sp³-hybridized carbons (Fsp3) is 0.368. The lowest BCUT2D eigenvalue weighted by atomic mass is 10.0. The third-order valence-electron chi connectivity index (χ3n) is 4.54. The van der Waals surface area contributed by atoms with E-state index < -0.39 is 14.4 Å². The van der Waals surface area contributed by atoms with Gasteiger partial charge in [0.2, 0.25) is 8.32 Å². The van der Waals surface area contributed by atoms with E-state index in [0.717, 1.165) is 21.3 Å². The van der Waals surface area contributed by atoms with Crippen molar-refractivity contribution in [3.8, 4) is 5.75 Å². The Morgan fingerprint density at radius 2 is 1.61 bits per heavy atom. The van der Waals surface area contributed by atoms with Gasteiger partial charge in [-0.2, -0.15) is 0 Å².